The summed E-state index contributed by atoms with van der Waals surface area (Å²) in [7, 11) is 0. The largest absolute Gasteiger partial charge is 0.309 e. The van der Waals surface area contributed by atoms with E-state index in [0.29, 0.717) is 0 Å². The van der Waals surface area contributed by atoms with Gasteiger partial charge in [-0.25, -0.2) is 0 Å². The Morgan fingerprint density at radius 3 is 1.75 bits per heavy atom. The number of hydrogen-bond donors (Lipinski definition) is 0. The zero-order chi connectivity index (χ0) is 23.6. The Bertz CT molecular complexity index is 2080. The summed E-state index contributed by atoms with van der Waals surface area (Å²) in [5.41, 5.74) is 7.11. The van der Waals surface area contributed by atoms with Crippen LogP contribution in [0.4, 0.5) is 0 Å². The lowest BCUT2D eigenvalue weighted by atomic mass is 10.0. The SMILES string of the molecule is c1ccc(-n2c3cc4ccccc4cc3c3cc4c5ccccc5n(-c5ccncc5)c4cc32)cc1. The summed E-state index contributed by atoms with van der Waals surface area (Å²) in [5.74, 6) is 0. The Kier molecular flexibility index (Phi) is 3.94. The lowest BCUT2D eigenvalue weighted by molar-refractivity contribution is 1.15. The van der Waals surface area contributed by atoms with E-state index in [9.17, 15) is 0 Å². The number of hydrogen-bond acceptors (Lipinski definition) is 1. The van der Waals surface area contributed by atoms with E-state index in [0.717, 1.165) is 5.69 Å². The molecule has 0 aliphatic carbocycles. The minimum Gasteiger partial charge on any atom is -0.309 e. The first-order chi connectivity index (χ1) is 17.9. The van der Waals surface area contributed by atoms with Gasteiger partial charge in [-0.1, -0.05) is 60.7 Å². The zero-order valence-electron chi connectivity index (χ0n) is 19.5. The van der Waals surface area contributed by atoms with Crippen molar-refractivity contribution in [3.63, 3.8) is 0 Å². The fourth-order valence-corrected chi connectivity index (χ4v) is 5.79. The van der Waals surface area contributed by atoms with Crippen molar-refractivity contribution in [2.45, 2.75) is 0 Å². The molecule has 0 unspecified atom stereocenters. The maximum Gasteiger partial charge on any atom is 0.0562 e. The number of nitrogens with zero attached hydrogens (tertiary/aromatic N) is 3. The van der Waals surface area contributed by atoms with Gasteiger partial charge in [0.2, 0.25) is 0 Å². The quantitative estimate of drug-likeness (QED) is 0.254. The molecule has 36 heavy (non-hydrogen) atoms. The number of fused-ring (bicyclic) bond motifs is 7. The van der Waals surface area contributed by atoms with E-state index >= 15 is 0 Å². The van der Waals surface area contributed by atoms with Gasteiger partial charge >= 0.3 is 0 Å². The van der Waals surface area contributed by atoms with E-state index in [4.69, 9.17) is 0 Å². The highest BCUT2D eigenvalue weighted by atomic mass is 15.0. The monoisotopic (exact) mass is 459 g/mol. The molecule has 5 aromatic carbocycles. The van der Waals surface area contributed by atoms with Gasteiger partial charge < -0.3 is 9.13 Å². The molecule has 0 atom stereocenters. The molecule has 0 amide bonds. The van der Waals surface area contributed by atoms with E-state index in [1.54, 1.807) is 0 Å². The van der Waals surface area contributed by atoms with Crippen molar-refractivity contribution in [2.75, 3.05) is 0 Å². The summed E-state index contributed by atoms with van der Waals surface area (Å²) in [4.78, 5) is 4.26. The molecular weight excluding hydrogens is 438 g/mol. The molecule has 0 aliphatic rings. The van der Waals surface area contributed by atoms with Gasteiger partial charge in [0.1, 0.15) is 0 Å². The maximum atomic E-state index is 4.26. The normalized spacial score (nSPS) is 11.9. The van der Waals surface area contributed by atoms with E-state index in [2.05, 4.69) is 129 Å². The van der Waals surface area contributed by atoms with Crippen LogP contribution in [0.15, 0.2) is 128 Å². The highest BCUT2D eigenvalue weighted by molar-refractivity contribution is 6.20. The Labute approximate surface area is 207 Å². The second kappa shape index (κ2) is 7.30. The van der Waals surface area contributed by atoms with Crippen molar-refractivity contribution in [3.8, 4) is 11.4 Å². The number of rotatable bonds is 2. The molecule has 3 nitrogen and oxygen atoms in total. The third-order valence-corrected chi connectivity index (χ3v) is 7.36. The molecule has 8 rings (SSSR count). The van der Waals surface area contributed by atoms with Gasteiger partial charge in [0.25, 0.3) is 0 Å². The topological polar surface area (TPSA) is 22.8 Å². The Balaban J connectivity index is 1.61. The van der Waals surface area contributed by atoms with Gasteiger partial charge in [-0.05, 0) is 65.4 Å². The van der Waals surface area contributed by atoms with Crippen molar-refractivity contribution in [1.82, 2.24) is 14.1 Å². The molecule has 0 spiro atoms. The molecule has 0 aliphatic heterocycles. The minimum absolute atomic E-state index is 1.11. The summed E-state index contributed by atoms with van der Waals surface area (Å²) in [6.45, 7) is 0. The van der Waals surface area contributed by atoms with E-state index < -0.39 is 0 Å². The van der Waals surface area contributed by atoms with Crippen molar-refractivity contribution in [2.24, 2.45) is 0 Å². The summed E-state index contributed by atoms with van der Waals surface area (Å²) in [6.07, 6.45) is 3.72. The Morgan fingerprint density at radius 2 is 0.944 bits per heavy atom. The van der Waals surface area contributed by atoms with Crippen LogP contribution >= 0.6 is 0 Å². The fourth-order valence-electron chi connectivity index (χ4n) is 5.79. The smallest absolute Gasteiger partial charge is 0.0562 e. The van der Waals surface area contributed by atoms with Gasteiger partial charge in [0, 0.05) is 45.3 Å². The standard InChI is InChI=1S/C33H21N3/c1-2-10-24(11-3-1)36-31-19-23-9-5-4-8-22(23)18-27(31)29-20-28-26-12-6-7-13-30(26)35(32(28)21-33(29)36)25-14-16-34-17-15-25/h1-21H. The molecule has 3 heterocycles. The Hall–Kier alpha value is -4.89. The third kappa shape index (κ3) is 2.65. The van der Waals surface area contributed by atoms with Gasteiger partial charge in [0.05, 0.1) is 22.1 Å². The summed E-state index contributed by atoms with van der Waals surface area (Å²) < 4.78 is 4.76. The van der Waals surface area contributed by atoms with Crippen LogP contribution < -0.4 is 0 Å². The first-order valence-electron chi connectivity index (χ1n) is 12.2. The van der Waals surface area contributed by atoms with Crippen molar-refractivity contribution in [1.29, 1.82) is 0 Å². The second-order valence-electron chi connectivity index (χ2n) is 9.33. The minimum atomic E-state index is 1.11. The van der Waals surface area contributed by atoms with Crippen LogP contribution in [0.1, 0.15) is 0 Å². The second-order valence-corrected chi connectivity index (χ2v) is 9.33. The first kappa shape index (κ1) is 19.4. The molecule has 168 valence electrons. The third-order valence-electron chi connectivity index (χ3n) is 7.36. The Morgan fingerprint density at radius 1 is 0.389 bits per heavy atom. The predicted molar refractivity (Wildman–Crippen MR) is 150 cm³/mol. The molecular formula is C33H21N3. The van der Waals surface area contributed by atoms with Crippen molar-refractivity contribution in [3.05, 3.63) is 128 Å². The van der Waals surface area contributed by atoms with E-state index in [1.165, 1.54) is 60.1 Å². The van der Waals surface area contributed by atoms with Crippen molar-refractivity contribution >= 4 is 54.4 Å². The van der Waals surface area contributed by atoms with Crippen LogP contribution in [0.3, 0.4) is 0 Å². The van der Waals surface area contributed by atoms with Crippen molar-refractivity contribution < 1.29 is 0 Å². The van der Waals surface area contributed by atoms with Crippen LogP contribution in [0, 0.1) is 0 Å². The lowest BCUT2D eigenvalue weighted by Gasteiger charge is -2.10. The molecule has 0 saturated heterocycles. The van der Waals surface area contributed by atoms with Crippen LogP contribution in [-0.2, 0) is 0 Å². The highest BCUT2D eigenvalue weighted by Crippen LogP contribution is 2.40. The van der Waals surface area contributed by atoms with Gasteiger partial charge in [-0.2, -0.15) is 0 Å². The predicted octanol–water partition coefficient (Wildman–Crippen LogP) is 8.43. The molecule has 3 heteroatoms. The average molecular weight is 460 g/mol. The van der Waals surface area contributed by atoms with Crippen LogP contribution in [0.5, 0.6) is 0 Å². The van der Waals surface area contributed by atoms with Crippen LogP contribution in [0.2, 0.25) is 0 Å². The molecule has 0 radical (unpaired) electrons. The fraction of sp³-hybridized carbons (Fsp3) is 0. The number of aromatic nitrogens is 3. The number of pyridine rings is 1. The van der Waals surface area contributed by atoms with Gasteiger partial charge in [0.15, 0.2) is 0 Å². The summed E-state index contributed by atoms with van der Waals surface area (Å²) in [5, 5.41) is 7.57. The molecule has 0 bridgehead atoms. The molecule has 0 N–H and O–H groups in total. The van der Waals surface area contributed by atoms with Gasteiger partial charge in [-0.15, -0.1) is 0 Å². The van der Waals surface area contributed by atoms with E-state index in [-0.39, 0.29) is 0 Å². The lowest BCUT2D eigenvalue weighted by Crippen LogP contribution is -1.95. The van der Waals surface area contributed by atoms with Gasteiger partial charge in [-0.3, -0.25) is 4.98 Å². The summed E-state index contributed by atoms with van der Waals surface area (Å²) >= 11 is 0. The molecule has 3 aromatic heterocycles. The molecule has 0 fully saturated rings. The number of benzene rings is 5. The van der Waals surface area contributed by atoms with Crippen LogP contribution in [0.25, 0.3) is 65.8 Å². The van der Waals surface area contributed by atoms with Crippen LogP contribution in [-0.4, -0.2) is 14.1 Å². The summed E-state index contributed by atoms with van der Waals surface area (Å²) in [6, 6.07) is 41.6. The molecule has 0 saturated carbocycles. The van der Waals surface area contributed by atoms with E-state index in [1.807, 2.05) is 12.4 Å². The zero-order valence-corrected chi connectivity index (χ0v) is 19.5. The average Bonchev–Trinajstić information content (AvgIpc) is 3.43. The first-order valence-corrected chi connectivity index (χ1v) is 12.2. The maximum absolute atomic E-state index is 4.26. The number of para-hydroxylation sites is 2. The molecule has 8 aromatic rings. The highest BCUT2D eigenvalue weighted by Gasteiger charge is 2.18.